The number of carbonyl (C=O) groups excluding carboxylic acids is 1. The van der Waals surface area contributed by atoms with Gasteiger partial charge < -0.3 is 14.6 Å². The van der Waals surface area contributed by atoms with Crippen molar-refractivity contribution in [3.8, 4) is 0 Å². The smallest absolute Gasteiger partial charge is 0.251 e. The first-order valence-corrected chi connectivity index (χ1v) is 6.62. The number of aromatic nitrogens is 1. The van der Waals surface area contributed by atoms with Gasteiger partial charge in [0.2, 0.25) is 0 Å². The summed E-state index contributed by atoms with van der Waals surface area (Å²) in [6.07, 6.45) is 1.58. The van der Waals surface area contributed by atoms with E-state index in [0.717, 1.165) is 11.1 Å². The molecule has 1 N–H and O–H groups in total. The van der Waals surface area contributed by atoms with E-state index >= 15 is 0 Å². The Labute approximate surface area is 123 Å². The lowest BCUT2D eigenvalue weighted by Crippen LogP contribution is -2.25. The van der Waals surface area contributed by atoms with Gasteiger partial charge in [-0.3, -0.25) is 9.59 Å². The molecule has 1 amide bonds. The second-order valence-corrected chi connectivity index (χ2v) is 4.80. The molecular formula is C16H18N2O3. The summed E-state index contributed by atoms with van der Waals surface area (Å²) in [4.78, 5) is 23.5. The predicted octanol–water partition coefficient (Wildman–Crippen LogP) is 1.46. The zero-order valence-electron chi connectivity index (χ0n) is 12.1. The molecule has 110 valence electrons. The number of benzene rings is 1. The van der Waals surface area contributed by atoms with Crippen molar-refractivity contribution in [1.29, 1.82) is 0 Å². The molecule has 0 aliphatic carbocycles. The van der Waals surface area contributed by atoms with Gasteiger partial charge in [0.1, 0.15) is 0 Å². The van der Waals surface area contributed by atoms with Crippen LogP contribution >= 0.6 is 0 Å². The summed E-state index contributed by atoms with van der Waals surface area (Å²) >= 11 is 0. The van der Waals surface area contributed by atoms with Crippen molar-refractivity contribution in [2.45, 2.75) is 13.2 Å². The van der Waals surface area contributed by atoms with Gasteiger partial charge in [-0.15, -0.1) is 0 Å². The highest BCUT2D eigenvalue weighted by atomic mass is 16.5. The summed E-state index contributed by atoms with van der Waals surface area (Å²) in [5, 5.41) is 2.80. The van der Waals surface area contributed by atoms with Gasteiger partial charge in [-0.2, -0.15) is 0 Å². The van der Waals surface area contributed by atoms with E-state index in [1.165, 1.54) is 10.6 Å². The van der Waals surface area contributed by atoms with E-state index in [1.54, 1.807) is 26.4 Å². The fourth-order valence-corrected chi connectivity index (χ4v) is 1.97. The minimum atomic E-state index is -0.259. The van der Waals surface area contributed by atoms with E-state index in [4.69, 9.17) is 4.74 Å². The lowest BCUT2D eigenvalue weighted by atomic mass is 10.1. The summed E-state index contributed by atoms with van der Waals surface area (Å²) in [6.45, 7) is 0.947. The van der Waals surface area contributed by atoms with Crippen molar-refractivity contribution in [2.75, 3.05) is 7.11 Å². The van der Waals surface area contributed by atoms with E-state index < -0.39 is 0 Å². The zero-order valence-corrected chi connectivity index (χ0v) is 12.1. The van der Waals surface area contributed by atoms with Crippen LogP contribution in [0.5, 0.6) is 0 Å². The number of amides is 1. The highest BCUT2D eigenvalue weighted by Gasteiger charge is 2.06. The number of nitrogens with zero attached hydrogens (tertiary/aromatic N) is 1. The zero-order chi connectivity index (χ0) is 15.2. The molecule has 0 saturated heterocycles. The number of ether oxygens (including phenoxy) is 1. The predicted molar refractivity (Wildman–Crippen MR) is 80.0 cm³/mol. The summed E-state index contributed by atoms with van der Waals surface area (Å²) in [6, 6.07) is 10.8. The molecule has 0 spiro atoms. The molecule has 0 bridgehead atoms. The van der Waals surface area contributed by atoms with Crippen LogP contribution in [0.4, 0.5) is 0 Å². The molecule has 5 heteroatoms. The molecule has 0 aliphatic heterocycles. The van der Waals surface area contributed by atoms with E-state index in [0.29, 0.717) is 18.7 Å². The van der Waals surface area contributed by atoms with E-state index in [2.05, 4.69) is 5.32 Å². The van der Waals surface area contributed by atoms with Crippen LogP contribution in [0, 0.1) is 0 Å². The van der Waals surface area contributed by atoms with Crippen molar-refractivity contribution < 1.29 is 9.53 Å². The van der Waals surface area contributed by atoms with E-state index in [-0.39, 0.29) is 11.5 Å². The maximum Gasteiger partial charge on any atom is 0.251 e. The van der Waals surface area contributed by atoms with E-state index in [1.807, 2.05) is 24.3 Å². The fraction of sp³-hybridized carbons (Fsp3) is 0.250. The van der Waals surface area contributed by atoms with Crippen molar-refractivity contribution in [1.82, 2.24) is 9.88 Å². The maximum atomic E-state index is 12.0. The Morgan fingerprint density at radius 1 is 1.24 bits per heavy atom. The number of rotatable bonds is 5. The molecule has 1 heterocycles. The third-order valence-corrected chi connectivity index (χ3v) is 3.12. The SMILES string of the molecule is COCc1cccc(CNC(=O)c2ccn(C)c(=O)c2)c1. The lowest BCUT2D eigenvalue weighted by Gasteiger charge is -2.07. The standard InChI is InChI=1S/C16H18N2O3/c1-18-7-6-14(9-15(18)19)16(20)17-10-12-4-3-5-13(8-12)11-21-2/h3-9H,10-11H2,1-2H3,(H,17,20). The average Bonchev–Trinajstić information content (AvgIpc) is 2.48. The van der Waals surface area contributed by atoms with Crippen molar-refractivity contribution in [3.63, 3.8) is 0 Å². The molecule has 0 unspecified atom stereocenters. The number of pyridine rings is 1. The monoisotopic (exact) mass is 286 g/mol. The van der Waals surface area contributed by atoms with E-state index in [9.17, 15) is 9.59 Å². The number of methoxy groups -OCH3 is 1. The molecule has 1 aromatic carbocycles. The molecule has 0 aliphatic rings. The van der Waals surface area contributed by atoms with Crippen molar-refractivity contribution in [3.05, 3.63) is 69.6 Å². The first kappa shape index (κ1) is 15.0. The Bertz CT molecular complexity index is 692. The number of nitrogens with one attached hydrogen (secondary N) is 1. The number of carbonyl (C=O) groups is 1. The molecule has 0 atom stereocenters. The molecule has 0 radical (unpaired) electrons. The van der Waals surface area contributed by atoms with Crippen LogP contribution in [-0.2, 0) is 24.9 Å². The van der Waals surface area contributed by atoms with Crippen LogP contribution in [0.2, 0.25) is 0 Å². The van der Waals surface area contributed by atoms with Gasteiger partial charge >= 0.3 is 0 Å². The van der Waals surface area contributed by atoms with Crippen LogP contribution in [0.25, 0.3) is 0 Å². The van der Waals surface area contributed by atoms with Crippen LogP contribution in [0.3, 0.4) is 0 Å². The highest BCUT2D eigenvalue weighted by molar-refractivity contribution is 5.93. The minimum Gasteiger partial charge on any atom is -0.380 e. The Morgan fingerprint density at radius 2 is 2.00 bits per heavy atom. The topological polar surface area (TPSA) is 60.3 Å². The molecule has 2 aromatic rings. The third kappa shape index (κ3) is 4.03. The molecule has 2 rings (SSSR count). The molecular weight excluding hydrogens is 268 g/mol. The number of hydrogen-bond donors (Lipinski definition) is 1. The van der Waals surface area contributed by atoms with Gasteiger partial charge in [0, 0.05) is 38.5 Å². The van der Waals surface area contributed by atoms with Gasteiger partial charge in [0.05, 0.1) is 6.61 Å². The second-order valence-electron chi connectivity index (χ2n) is 4.80. The fourth-order valence-electron chi connectivity index (χ4n) is 1.97. The van der Waals surface area contributed by atoms with Crippen LogP contribution in [0.1, 0.15) is 21.5 Å². The molecule has 5 nitrogen and oxygen atoms in total. The van der Waals surface area contributed by atoms with Crippen LogP contribution in [-0.4, -0.2) is 17.6 Å². The Morgan fingerprint density at radius 3 is 2.71 bits per heavy atom. The van der Waals surface area contributed by atoms with Crippen LogP contribution in [0.15, 0.2) is 47.4 Å². The molecule has 0 fully saturated rings. The van der Waals surface area contributed by atoms with Gasteiger partial charge in [0.15, 0.2) is 0 Å². The third-order valence-electron chi connectivity index (χ3n) is 3.12. The first-order valence-electron chi connectivity index (χ1n) is 6.62. The number of aryl methyl sites for hydroxylation is 1. The second kappa shape index (κ2) is 6.85. The van der Waals surface area contributed by atoms with Gasteiger partial charge in [-0.25, -0.2) is 0 Å². The summed E-state index contributed by atoms with van der Waals surface area (Å²) in [5.74, 6) is -0.259. The van der Waals surface area contributed by atoms with Crippen molar-refractivity contribution >= 4 is 5.91 Å². The van der Waals surface area contributed by atoms with Gasteiger partial charge in [-0.05, 0) is 17.2 Å². The van der Waals surface area contributed by atoms with Crippen LogP contribution < -0.4 is 10.9 Å². The Kier molecular flexibility index (Phi) is 4.90. The van der Waals surface area contributed by atoms with Gasteiger partial charge in [-0.1, -0.05) is 24.3 Å². The summed E-state index contributed by atoms with van der Waals surface area (Å²) in [7, 11) is 3.29. The highest BCUT2D eigenvalue weighted by Crippen LogP contribution is 2.06. The summed E-state index contributed by atoms with van der Waals surface area (Å²) in [5.41, 5.74) is 2.20. The Balaban J connectivity index is 2.02. The number of hydrogen-bond acceptors (Lipinski definition) is 3. The quantitative estimate of drug-likeness (QED) is 0.905. The molecule has 1 aromatic heterocycles. The normalized spacial score (nSPS) is 10.4. The Hall–Kier alpha value is -2.40. The average molecular weight is 286 g/mol. The molecule has 21 heavy (non-hydrogen) atoms. The van der Waals surface area contributed by atoms with Gasteiger partial charge in [0.25, 0.3) is 11.5 Å². The minimum absolute atomic E-state index is 0.204. The molecule has 0 saturated carbocycles. The van der Waals surface area contributed by atoms with Crippen molar-refractivity contribution in [2.24, 2.45) is 7.05 Å². The maximum absolute atomic E-state index is 12.0. The summed E-state index contributed by atoms with van der Waals surface area (Å²) < 4.78 is 6.50. The first-order chi connectivity index (χ1) is 10.1. The largest absolute Gasteiger partial charge is 0.380 e. The lowest BCUT2D eigenvalue weighted by molar-refractivity contribution is 0.0950.